The molecule has 1 aromatic carbocycles. The van der Waals surface area contributed by atoms with Crippen LogP contribution in [0.25, 0.3) is 0 Å². The van der Waals surface area contributed by atoms with Crippen molar-refractivity contribution in [3.63, 3.8) is 0 Å². The lowest BCUT2D eigenvalue weighted by molar-refractivity contribution is -0.122. The van der Waals surface area contributed by atoms with Gasteiger partial charge in [-0.25, -0.2) is 0 Å². The monoisotopic (exact) mass is 237 g/mol. The lowest BCUT2D eigenvalue weighted by Crippen LogP contribution is -2.27. The van der Waals surface area contributed by atoms with E-state index in [0.29, 0.717) is 12.8 Å². The quantitative estimate of drug-likeness (QED) is 0.762. The van der Waals surface area contributed by atoms with Crippen molar-refractivity contribution < 1.29 is 9.59 Å². The first-order valence-corrected chi connectivity index (χ1v) is 5.57. The highest BCUT2D eigenvalue weighted by Crippen LogP contribution is 2.09. The number of carbonyl (C=O) groups excluding carboxylic acids is 2. The summed E-state index contributed by atoms with van der Waals surface area (Å²) in [6, 6.07) is 7.95. The van der Waals surface area contributed by atoms with E-state index in [-0.39, 0.29) is 17.6 Å². The standard InChI is InChI=1S/C12H15NO2S/c1-9-4-2-3-5-10(9)6-7-11(14)13-8-12(15)16/h2-5H,6-8H2,1H3,(H,13,14)(H,15,16). The normalized spacial score (nSPS) is 9.88. The Morgan fingerprint density at radius 2 is 2.00 bits per heavy atom. The highest BCUT2D eigenvalue weighted by atomic mass is 32.1. The van der Waals surface area contributed by atoms with Gasteiger partial charge in [0, 0.05) is 6.42 Å². The van der Waals surface area contributed by atoms with E-state index in [1.54, 1.807) is 0 Å². The molecule has 3 nitrogen and oxygen atoms in total. The van der Waals surface area contributed by atoms with E-state index in [0.717, 1.165) is 5.56 Å². The SMILES string of the molecule is Cc1ccccc1CCC(=O)NCC(=O)S. The molecular formula is C12H15NO2S. The smallest absolute Gasteiger partial charge is 0.220 e. The van der Waals surface area contributed by atoms with Crippen molar-refractivity contribution in [2.24, 2.45) is 0 Å². The molecule has 1 rings (SSSR count). The number of carbonyl (C=O) groups is 2. The van der Waals surface area contributed by atoms with Crippen LogP contribution in [0.1, 0.15) is 17.5 Å². The number of aryl methyl sites for hydroxylation is 2. The van der Waals surface area contributed by atoms with E-state index >= 15 is 0 Å². The summed E-state index contributed by atoms with van der Waals surface area (Å²) in [7, 11) is 0. The predicted octanol–water partition coefficient (Wildman–Crippen LogP) is 1.50. The molecule has 1 aromatic rings. The molecule has 0 aliphatic heterocycles. The number of hydrogen-bond acceptors (Lipinski definition) is 2. The van der Waals surface area contributed by atoms with Crippen LogP contribution >= 0.6 is 12.6 Å². The summed E-state index contributed by atoms with van der Waals surface area (Å²) < 4.78 is 0. The lowest BCUT2D eigenvalue weighted by Gasteiger charge is -2.05. The second-order valence-electron chi connectivity index (χ2n) is 3.60. The van der Waals surface area contributed by atoms with Gasteiger partial charge < -0.3 is 5.32 Å². The van der Waals surface area contributed by atoms with Crippen LogP contribution < -0.4 is 5.32 Å². The van der Waals surface area contributed by atoms with Crippen molar-refractivity contribution in [1.82, 2.24) is 5.32 Å². The molecule has 0 saturated heterocycles. The fraction of sp³-hybridized carbons (Fsp3) is 0.333. The molecule has 4 heteroatoms. The Kier molecular flexibility index (Phi) is 5.05. The third-order valence-electron chi connectivity index (χ3n) is 2.32. The average molecular weight is 237 g/mol. The van der Waals surface area contributed by atoms with E-state index in [1.807, 2.05) is 31.2 Å². The van der Waals surface area contributed by atoms with Crippen LogP contribution in [0.5, 0.6) is 0 Å². The Balaban J connectivity index is 2.37. The molecule has 0 saturated carbocycles. The molecule has 0 bridgehead atoms. The zero-order chi connectivity index (χ0) is 12.0. The van der Waals surface area contributed by atoms with Crippen LogP contribution in [0.2, 0.25) is 0 Å². The molecule has 1 amide bonds. The highest BCUT2D eigenvalue weighted by molar-refractivity contribution is 7.96. The Bertz CT molecular complexity index is 390. The van der Waals surface area contributed by atoms with Crippen LogP contribution in [-0.4, -0.2) is 17.6 Å². The number of thiol groups is 1. The summed E-state index contributed by atoms with van der Waals surface area (Å²) in [4.78, 5) is 21.9. The largest absolute Gasteiger partial charge is 0.348 e. The molecule has 0 aromatic heterocycles. The van der Waals surface area contributed by atoms with Crippen molar-refractivity contribution in [2.75, 3.05) is 6.54 Å². The Morgan fingerprint density at radius 1 is 1.31 bits per heavy atom. The summed E-state index contributed by atoms with van der Waals surface area (Å²) >= 11 is 3.57. The molecule has 0 atom stereocenters. The summed E-state index contributed by atoms with van der Waals surface area (Å²) in [6.07, 6.45) is 1.09. The Hall–Kier alpha value is -1.29. The number of rotatable bonds is 5. The van der Waals surface area contributed by atoms with Gasteiger partial charge in [-0.05, 0) is 24.5 Å². The van der Waals surface area contributed by atoms with Gasteiger partial charge in [0.05, 0.1) is 6.54 Å². The number of hydrogen-bond donors (Lipinski definition) is 2. The van der Waals surface area contributed by atoms with Crippen molar-refractivity contribution >= 4 is 23.7 Å². The van der Waals surface area contributed by atoms with E-state index in [4.69, 9.17) is 0 Å². The summed E-state index contributed by atoms with van der Waals surface area (Å²) in [5.74, 6) is -0.120. The number of nitrogens with one attached hydrogen (secondary N) is 1. The number of amides is 1. The first-order chi connectivity index (χ1) is 7.59. The van der Waals surface area contributed by atoms with Crippen LogP contribution in [0.4, 0.5) is 0 Å². The molecule has 0 fully saturated rings. The molecule has 0 aliphatic carbocycles. The zero-order valence-corrected chi connectivity index (χ0v) is 10.1. The molecule has 86 valence electrons. The van der Waals surface area contributed by atoms with Gasteiger partial charge in [-0.15, -0.1) is 12.6 Å². The van der Waals surface area contributed by atoms with Crippen molar-refractivity contribution in [3.05, 3.63) is 35.4 Å². The van der Waals surface area contributed by atoms with E-state index < -0.39 is 0 Å². The summed E-state index contributed by atoms with van der Waals surface area (Å²) in [6.45, 7) is 2.01. The zero-order valence-electron chi connectivity index (χ0n) is 9.19. The minimum absolute atomic E-state index is 0.00425. The maximum atomic E-state index is 11.3. The van der Waals surface area contributed by atoms with Gasteiger partial charge in [0.15, 0.2) is 0 Å². The van der Waals surface area contributed by atoms with Crippen LogP contribution in [0.15, 0.2) is 24.3 Å². The van der Waals surface area contributed by atoms with E-state index in [1.165, 1.54) is 5.56 Å². The molecule has 0 spiro atoms. The van der Waals surface area contributed by atoms with Crippen molar-refractivity contribution in [2.45, 2.75) is 19.8 Å². The first kappa shape index (κ1) is 12.8. The van der Waals surface area contributed by atoms with Crippen LogP contribution in [-0.2, 0) is 16.0 Å². The maximum absolute atomic E-state index is 11.3. The Morgan fingerprint density at radius 3 is 2.62 bits per heavy atom. The highest BCUT2D eigenvalue weighted by Gasteiger charge is 2.04. The fourth-order valence-electron chi connectivity index (χ4n) is 1.40. The van der Waals surface area contributed by atoms with Gasteiger partial charge in [0.1, 0.15) is 0 Å². The second kappa shape index (κ2) is 6.33. The number of benzene rings is 1. The lowest BCUT2D eigenvalue weighted by atomic mass is 10.0. The molecule has 0 radical (unpaired) electrons. The van der Waals surface area contributed by atoms with Crippen LogP contribution in [0.3, 0.4) is 0 Å². The van der Waals surface area contributed by atoms with Gasteiger partial charge in [0.2, 0.25) is 11.0 Å². The first-order valence-electron chi connectivity index (χ1n) is 5.12. The maximum Gasteiger partial charge on any atom is 0.220 e. The molecule has 16 heavy (non-hydrogen) atoms. The molecule has 0 heterocycles. The van der Waals surface area contributed by atoms with Crippen molar-refractivity contribution in [1.29, 1.82) is 0 Å². The van der Waals surface area contributed by atoms with Crippen LogP contribution in [0, 0.1) is 6.92 Å². The van der Waals surface area contributed by atoms with Gasteiger partial charge >= 0.3 is 0 Å². The molecule has 1 N–H and O–H groups in total. The van der Waals surface area contributed by atoms with Gasteiger partial charge in [-0.1, -0.05) is 24.3 Å². The molecule has 0 unspecified atom stereocenters. The summed E-state index contributed by atoms with van der Waals surface area (Å²) in [5, 5.41) is 2.18. The third-order valence-corrected chi connectivity index (χ3v) is 2.48. The summed E-state index contributed by atoms with van der Waals surface area (Å²) in [5.41, 5.74) is 2.34. The van der Waals surface area contributed by atoms with E-state index in [2.05, 4.69) is 17.9 Å². The van der Waals surface area contributed by atoms with Gasteiger partial charge in [-0.2, -0.15) is 0 Å². The fourth-order valence-corrected chi connectivity index (χ4v) is 1.48. The van der Waals surface area contributed by atoms with E-state index in [9.17, 15) is 9.59 Å². The second-order valence-corrected chi connectivity index (χ2v) is 4.10. The van der Waals surface area contributed by atoms with Gasteiger partial charge in [-0.3, -0.25) is 9.59 Å². The van der Waals surface area contributed by atoms with Crippen molar-refractivity contribution in [3.8, 4) is 0 Å². The minimum atomic E-state index is -0.329. The molecular weight excluding hydrogens is 222 g/mol. The van der Waals surface area contributed by atoms with Gasteiger partial charge in [0.25, 0.3) is 0 Å². The minimum Gasteiger partial charge on any atom is -0.348 e. The predicted molar refractivity (Wildman–Crippen MR) is 66.5 cm³/mol. The average Bonchev–Trinajstić information content (AvgIpc) is 2.25. The molecule has 0 aliphatic rings. The topological polar surface area (TPSA) is 46.2 Å². The third kappa shape index (κ3) is 4.49. The Labute approximate surface area is 101 Å².